The van der Waals surface area contributed by atoms with Gasteiger partial charge in [-0.25, -0.2) is 0 Å². The smallest absolute Gasteiger partial charge is 0.257 e. The number of aromatic nitrogens is 1. The molecule has 0 radical (unpaired) electrons. The van der Waals surface area contributed by atoms with E-state index in [1.54, 1.807) is 12.3 Å². The fraction of sp³-hybridized carbons (Fsp3) is 0.333. The number of carbonyl (C=O) groups is 1. The molecule has 2 aromatic carbocycles. The lowest BCUT2D eigenvalue weighted by Gasteiger charge is -2.41. The van der Waals surface area contributed by atoms with E-state index in [0.29, 0.717) is 27.9 Å². The fourth-order valence-corrected chi connectivity index (χ4v) is 5.10. The predicted molar refractivity (Wildman–Crippen MR) is 138 cm³/mol. The van der Waals surface area contributed by atoms with Crippen LogP contribution in [0, 0.1) is 11.3 Å². The maximum Gasteiger partial charge on any atom is 0.257 e. The maximum absolute atomic E-state index is 13.1. The van der Waals surface area contributed by atoms with Gasteiger partial charge < -0.3 is 19.5 Å². The molecule has 0 bridgehead atoms. The number of morpholine rings is 1. The Kier molecular flexibility index (Phi) is 7.05. The van der Waals surface area contributed by atoms with Gasteiger partial charge in [0.2, 0.25) is 0 Å². The molecule has 1 amide bonds. The molecule has 2 aliphatic heterocycles. The van der Waals surface area contributed by atoms with Crippen molar-refractivity contribution in [1.82, 2.24) is 9.47 Å². The van der Waals surface area contributed by atoms with Gasteiger partial charge in [0.05, 0.1) is 35.7 Å². The number of ether oxygens (including phenoxy) is 1. The molecule has 0 atom stereocenters. The monoisotopic (exact) mass is 489 g/mol. The van der Waals surface area contributed by atoms with Gasteiger partial charge >= 0.3 is 0 Å². The molecule has 3 aromatic rings. The Morgan fingerprint density at radius 3 is 2.49 bits per heavy atom. The summed E-state index contributed by atoms with van der Waals surface area (Å²) in [6.07, 6.45) is 5.69. The minimum absolute atomic E-state index is 0.211. The number of nitrogens with one attached hydrogen (secondary N) is 1. The molecule has 0 aliphatic carbocycles. The number of para-hydroxylation sites is 1. The number of anilines is 2. The molecule has 0 spiro atoms. The van der Waals surface area contributed by atoms with Gasteiger partial charge in [0.1, 0.15) is 6.07 Å². The zero-order valence-corrected chi connectivity index (χ0v) is 20.2. The third-order valence-corrected chi connectivity index (χ3v) is 7.08. The van der Waals surface area contributed by atoms with E-state index >= 15 is 0 Å². The van der Waals surface area contributed by atoms with E-state index in [9.17, 15) is 10.1 Å². The third kappa shape index (κ3) is 5.20. The summed E-state index contributed by atoms with van der Waals surface area (Å²) in [5.41, 5.74) is 3.51. The molecular formula is C27H28ClN5O2. The zero-order valence-electron chi connectivity index (χ0n) is 19.5. The van der Waals surface area contributed by atoms with Crippen LogP contribution in [0.15, 0.2) is 60.9 Å². The number of hydrogen-bond donors (Lipinski definition) is 1. The Balaban J connectivity index is 1.31. The summed E-state index contributed by atoms with van der Waals surface area (Å²) in [5.74, 6) is -0.211. The van der Waals surface area contributed by atoms with Crippen LogP contribution < -0.4 is 10.2 Å². The standard InChI is InChI=1S/C27H28ClN5O2/c28-22-4-6-23(7-5-22)33-11-8-21(19-33)27(34)30-25-3-1-2-20(18-29)26(25)32-12-9-24(10-13-32)31-14-16-35-17-15-31/h1-8,11,19,24H,9-10,12-17H2,(H,30,34). The highest BCUT2D eigenvalue weighted by atomic mass is 35.5. The van der Waals surface area contributed by atoms with Crippen molar-refractivity contribution in [3.8, 4) is 11.8 Å². The molecule has 2 aliphatic rings. The van der Waals surface area contributed by atoms with Gasteiger partial charge in [-0.05, 0) is 55.3 Å². The quantitative estimate of drug-likeness (QED) is 0.569. The lowest BCUT2D eigenvalue weighted by molar-refractivity contribution is 0.0115. The summed E-state index contributed by atoms with van der Waals surface area (Å²) in [6.45, 7) is 5.25. The normalized spacial score (nSPS) is 17.2. The molecule has 5 rings (SSSR count). The van der Waals surface area contributed by atoms with Crippen LogP contribution in [0.5, 0.6) is 0 Å². The summed E-state index contributed by atoms with van der Waals surface area (Å²) in [6, 6.07) is 17.6. The Morgan fingerprint density at radius 1 is 1.03 bits per heavy atom. The third-order valence-electron chi connectivity index (χ3n) is 6.83. The first kappa shape index (κ1) is 23.4. The summed E-state index contributed by atoms with van der Waals surface area (Å²) < 4.78 is 7.38. The van der Waals surface area contributed by atoms with Crippen LogP contribution in [0.3, 0.4) is 0 Å². The lowest BCUT2D eigenvalue weighted by Crippen LogP contribution is -2.49. The van der Waals surface area contributed by atoms with Crippen molar-refractivity contribution in [1.29, 1.82) is 5.26 Å². The number of nitriles is 1. The molecule has 1 N–H and O–H groups in total. The number of nitrogens with zero attached hydrogens (tertiary/aromatic N) is 4. The van der Waals surface area contributed by atoms with Crippen molar-refractivity contribution in [2.75, 3.05) is 49.6 Å². The van der Waals surface area contributed by atoms with E-state index in [1.165, 1.54) is 0 Å². The second-order valence-electron chi connectivity index (χ2n) is 8.92. The van der Waals surface area contributed by atoms with Crippen LogP contribution in [0.25, 0.3) is 5.69 Å². The highest BCUT2D eigenvalue weighted by molar-refractivity contribution is 6.30. The minimum atomic E-state index is -0.211. The highest BCUT2D eigenvalue weighted by Gasteiger charge is 2.28. The van der Waals surface area contributed by atoms with Gasteiger partial charge in [0.15, 0.2) is 0 Å². The first-order valence-corrected chi connectivity index (χ1v) is 12.4. The number of rotatable bonds is 5. The van der Waals surface area contributed by atoms with Crippen LogP contribution >= 0.6 is 11.6 Å². The van der Waals surface area contributed by atoms with Crippen LogP contribution in [-0.2, 0) is 4.74 Å². The predicted octanol–water partition coefficient (Wildman–Crippen LogP) is 4.56. The maximum atomic E-state index is 13.1. The topological polar surface area (TPSA) is 73.5 Å². The Bertz CT molecular complexity index is 1220. The number of hydrogen-bond acceptors (Lipinski definition) is 5. The van der Waals surface area contributed by atoms with E-state index in [1.807, 2.05) is 53.2 Å². The molecule has 8 heteroatoms. The Labute approximate surface area is 210 Å². The summed E-state index contributed by atoms with van der Waals surface area (Å²) in [4.78, 5) is 17.9. The molecule has 35 heavy (non-hydrogen) atoms. The zero-order chi connectivity index (χ0) is 24.2. The number of piperidine rings is 1. The van der Waals surface area contributed by atoms with Gasteiger partial charge in [-0.2, -0.15) is 5.26 Å². The van der Waals surface area contributed by atoms with Crippen LogP contribution in [-0.4, -0.2) is 60.8 Å². The summed E-state index contributed by atoms with van der Waals surface area (Å²) in [7, 11) is 0. The second kappa shape index (κ2) is 10.5. The van der Waals surface area contributed by atoms with Gasteiger partial charge in [-0.15, -0.1) is 0 Å². The second-order valence-corrected chi connectivity index (χ2v) is 9.35. The molecule has 7 nitrogen and oxygen atoms in total. The molecule has 180 valence electrons. The first-order valence-electron chi connectivity index (χ1n) is 12.0. The fourth-order valence-electron chi connectivity index (χ4n) is 4.97. The molecular weight excluding hydrogens is 462 g/mol. The molecule has 0 saturated carbocycles. The molecule has 2 fully saturated rings. The average Bonchev–Trinajstić information content (AvgIpc) is 3.40. The van der Waals surface area contributed by atoms with Crippen molar-refractivity contribution < 1.29 is 9.53 Å². The van der Waals surface area contributed by atoms with Crippen LogP contribution in [0.2, 0.25) is 5.02 Å². The van der Waals surface area contributed by atoms with Gasteiger partial charge in [0, 0.05) is 55.3 Å². The van der Waals surface area contributed by atoms with E-state index in [0.717, 1.165) is 63.6 Å². The van der Waals surface area contributed by atoms with E-state index in [-0.39, 0.29) is 5.91 Å². The highest BCUT2D eigenvalue weighted by Crippen LogP contribution is 2.33. The van der Waals surface area contributed by atoms with Crippen molar-refractivity contribution in [2.24, 2.45) is 0 Å². The number of amides is 1. The SMILES string of the molecule is N#Cc1cccc(NC(=O)c2ccn(-c3ccc(Cl)cc3)c2)c1N1CCC(N2CCOCC2)CC1. The molecule has 1 aromatic heterocycles. The number of benzene rings is 2. The molecule has 0 unspecified atom stereocenters. The summed E-state index contributed by atoms with van der Waals surface area (Å²) in [5, 5.41) is 13.5. The summed E-state index contributed by atoms with van der Waals surface area (Å²) >= 11 is 5.99. The number of carbonyl (C=O) groups excluding carboxylic acids is 1. The van der Waals surface area contributed by atoms with Crippen LogP contribution in [0.1, 0.15) is 28.8 Å². The Hall–Kier alpha value is -3.31. The van der Waals surface area contributed by atoms with Gasteiger partial charge in [0.25, 0.3) is 5.91 Å². The largest absolute Gasteiger partial charge is 0.379 e. The van der Waals surface area contributed by atoms with Gasteiger partial charge in [-0.3, -0.25) is 9.69 Å². The minimum Gasteiger partial charge on any atom is -0.379 e. The lowest BCUT2D eigenvalue weighted by atomic mass is 10.0. The van der Waals surface area contributed by atoms with Crippen molar-refractivity contribution >= 4 is 28.9 Å². The Morgan fingerprint density at radius 2 is 1.77 bits per heavy atom. The van der Waals surface area contributed by atoms with Crippen molar-refractivity contribution in [2.45, 2.75) is 18.9 Å². The van der Waals surface area contributed by atoms with E-state index < -0.39 is 0 Å². The number of halogens is 1. The van der Waals surface area contributed by atoms with Gasteiger partial charge in [-0.1, -0.05) is 17.7 Å². The van der Waals surface area contributed by atoms with Crippen LogP contribution in [0.4, 0.5) is 11.4 Å². The van der Waals surface area contributed by atoms with E-state index in [4.69, 9.17) is 16.3 Å². The van der Waals surface area contributed by atoms with Crippen molar-refractivity contribution in [3.63, 3.8) is 0 Å². The molecule has 3 heterocycles. The van der Waals surface area contributed by atoms with Crippen molar-refractivity contribution in [3.05, 3.63) is 77.1 Å². The first-order chi connectivity index (χ1) is 17.1. The average molecular weight is 490 g/mol. The van der Waals surface area contributed by atoms with E-state index in [2.05, 4.69) is 21.2 Å². The molecule has 2 saturated heterocycles.